The number of halogens is 1. The molecule has 1 saturated heterocycles. The molecule has 3 aliphatic heterocycles. The number of anilines is 1. The molecule has 4 aromatic rings. The van der Waals surface area contributed by atoms with Gasteiger partial charge < -0.3 is 65.3 Å². The number of amides is 5. The topological polar surface area (TPSA) is 283 Å². The third-order valence-electron chi connectivity index (χ3n) is 16.8. The number of likely N-dealkylation sites (tertiary alicyclic amines) is 1. The molecule has 0 spiro atoms. The number of β-amino-alcohol motifs (C(OH)–C–C–N with tert-alkyl or cyclic N) is 1. The third-order valence-corrected chi connectivity index (χ3v) is 17.8. The number of nitrogens with zero attached hydrogens (tertiary/aromatic N) is 3. The number of ether oxygens (including phenoxy) is 7. The average Bonchev–Trinajstić information content (AvgIpc) is 3.17. The van der Waals surface area contributed by atoms with Gasteiger partial charge in [0.2, 0.25) is 23.6 Å². The van der Waals surface area contributed by atoms with Gasteiger partial charge in [-0.15, -0.1) is 11.3 Å². The molecule has 1 saturated carbocycles. The third kappa shape index (κ3) is 19.4. The zero-order chi connectivity index (χ0) is 63.7. The van der Waals surface area contributed by atoms with Crippen molar-refractivity contribution in [3.05, 3.63) is 99.7 Å². The minimum absolute atomic E-state index is 0.00821. The van der Waals surface area contributed by atoms with E-state index in [1.54, 1.807) is 31.2 Å². The van der Waals surface area contributed by atoms with Gasteiger partial charge in [0, 0.05) is 50.9 Å². The van der Waals surface area contributed by atoms with Crippen LogP contribution in [-0.4, -0.2) is 172 Å². The molecule has 89 heavy (non-hydrogen) atoms. The van der Waals surface area contributed by atoms with Crippen molar-refractivity contribution in [1.29, 1.82) is 0 Å². The maximum Gasteiger partial charge on any atom is 0.258 e. The van der Waals surface area contributed by atoms with E-state index >= 15 is 0 Å². The summed E-state index contributed by atoms with van der Waals surface area (Å²) >= 11 is 1.50. The van der Waals surface area contributed by atoms with E-state index in [0.717, 1.165) is 51.4 Å². The van der Waals surface area contributed by atoms with Crippen molar-refractivity contribution in [2.24, 2.45) is 22.8 Å². The van der Waals surface area contributed by atoms with Gasteiger partial charge in [-0.3, -0.25) is 33.7 Å². The molecule has 5 amide bonds. The summed E-state index contributed by atoms with van der Waals surface area (Å²) in [4.78, 5) is 88.0. The fourth-order valence-electron chi connectivity index (χ4n) is 11.4. The number of alkyl halides is 1. The van der Waals surface area contributed by atoms with Crippen LogP contribution in [0.4, 0.5) is 10.1 Å². The molecule has 1 aromatic heterocycles. The summed E-state index contributed by atoms with van der Waals surface area (Å²) in [6.45, 7) is 13.7. The number of carbonyl (C=O) groups is 6. The number of benzene rings is 3. The van der Waals surface area contributed by atoms with Crippen LogP contribution in [0.3, 0.4) is 0 Å². The highest BCUT2D eigenvalue weighted by Gasteiger charge is 2.53. The number of carbonyl (C=O) groups excluding carboxylic acids is 6. The van der Waals surface area contributed by atoms with Gasteiger partial charge >= 0.3 is 0 Å². The summed E-state index contributed by atoms with van der Waals surface area (Å²) in [5.41, 5.74) is 18.3. The molecular weight excluding hydrogens is 1170 g/mol. The summed E-state index contributed by atoms with van der Waals surface area (Å²) < 4.78 is 55.7. The lowest BCUT2D eigenvalue weighted by atomic mass is 9.85. The first-order chi connectivity index (χ1) is 42.7. The fraction of sp³-hybridized carbons (Fsp3) is 0.591. The Bertz CT molecular complexity index is 3030. The number of nitrogens with two attached hydrogens (primary N) is 2. The van der Waals surface area contributed by atoms with Crippen molar-refractivity contribution in [1.82, 2.24) is 20.5 Å². The van der Waals surface area contributed by atoms with E-state index in [0.29, 0.717) is 103 Å². The van der Waals surface area contributed by atoms with Gasteiger partial charge in [-0.05, 0) is 104 Å². The molecule has 7 N–H and O–H groups in total. The first-order valence-electron chi connectivity index (χ1n) is 31.2. The van der Waals surface area contributed by atoms with Gasteiger partial charge in [0.1, 0.15) is 24.4 Å². The average molecular weight is 1260 g/mol. The number of rotatable bonds is 37. The molecule has 3 aromatic carbocycles. The Labute approximate surface area is 525 Å². The Morgan fingerprint density at radius 1 is 0.865 bits per heavy atom. The van der Waals surface area contributed by atoms with Gasteiger partial charge in [0.25, 0.3) is 5.91 Å². The molecule has 4 aliphatic rings. The first kappa shape index (κ1) is 68.6. The molecule has 0 bridgehead atoms. The lowest BCUT2D eigenvalue weighted by molar-refractivity contribution is -0.145. The van der Waals surface area contributed by atoms with Gasteiger partial charge in [-0.1, -0.05) is 75.4 Å². The Kier molecular flexibility index (Phi) is 25.2. The number of para-hydroxylation sites is 1. The van der Waals surface area contributed by atoms with E-state index in [2.05, 4.69) is 27.8 Å². The molecule has 486 valence electrons. The van der Waals surface area contributed by atoms with Gasteiger partial charge in [-0.25, -0.2) is 9.37 Å². The molecule has 0 radical (unpaired) electrons. The van der Waals surface area contributed by atoms with Crippen LogP contribution in [0.5, 0.6) is 5.75 Å². The number of aliphatic hydroxyl groups excluding tert-OH is 1. The van der Waals surface area contributed by atoms with E-state index in [9.17, 15) is 38.3 Å². The zero-order valence-corrected chi connectivity index (χ0v) is 52.9. The van der Waals surface area contributed by atoms with Gasteiger partial charge in [0.15, 0.2) is 11.5 Å². The number of primary amides is 1. The van der Waals surface area contributed by atoms with Crippen molar-refractivity contribution in [2.75, 3.05) is 84.1 Å². The van der Waals surface area contributed by atoms with Gasteiger partial charge in [0.05, 0.1) is 112 Å². The predicted octanol–water partition coefficient (Wildman–Crippen LogP) is 5.80. The van der Waals surface area contributed by atoms with E-state index < -0.39 is 65.0 Å². The highest BCUT2D eigenvalue weighted by Crippen LogP contribution is 2.42. The van der Waals surface area contributed by atoms with Crippen molar-refractivity contribution < 1.29 is 71.4 Å². The molecule has 2 fully saturated rings. The molecule has 4 heterocycles. The van der Waals surface area contributed by atoms with Crippen molar-refractivity contribution >= 4 is 52.3 Å². The molecule has 1 aliphatic carbocycles. The van der Waals surface area contributed by atoms with Crippen LogP contribution >= 0.6 is 11.3 Å². The second kappa shape index (κ2) is 32.6. The number of aryl methyl sites for hydroxylation is 3. The number of aromatic nitrogens is 1. The molecule has 7 atom stereocenters. The van der Waals surface area contributed by atoms with Crippen LogP contribution in [0, 0.1) is 18.3 Å². The summed E-state index contributed by atoms with van der Waals surface area (Å²) in [6, 6.07) is 16.4. The van der Waals surface area contributed by atoms with E-state index in [1.165, 1.54) is 21.8 Å². The molecule has 0 unspecified atom stereocenters. The molecule has 8 rings (SSSR count). The Balaban J connectivity index is 0.649. The number of ketones is 1. The second-order valence-corrected chi connectivity index (χ2v) is 25.6. The first-order valence-corrected chi connectivity index (χ1v) is 32.1. The Morgan fingerprint density at radius 3 is 2.13 bits per heavy atom. The van der Waals surface area contributed by atoms with Crippen LogP contribution in [-0.2, 0) is 89.6 Å². The second-order valence-electron chi connectivity index (χ2n) is 24.7. The number of thiazole rings is 1. The number of hydrogen-bond acceptors (Lipinski definition) is 17. The number of Topliss-reactive ketones (excluding diaryl/α,β-unsaturated/α-hetero) is 1. The Hall–Kier alpha value is -6.28. The minimum atomic E-state index is -1.98. The summed E-state index contributed by atoms with van der Waals surface area (Å²) in [7, 11) is 0. The summed E-state index contributed by atoms with van der Waals surface area (Å²) in [5.74, 6) is -2.35. The maximum absolute atomic E-state index is 14.7. The van der Waals surface area contributed by atoms with Crippen LogP contribution in [0.25, 0.3) is 10.4 Å². The van der Waals surface area contributed by atoms with Crippen molar-refractivity contribution in [2.45, 2.75) is 160 Å². The van der Waals surface area contributed by atoms with Crippen molar-refractivity contribution in [3.8, 4) is 16.2 Å². The largest absolute Gasteiger partial charge is 0.491 e. The highest BCUT2D eigenvalue weighted by molar-refractivity contribution is 7.13. The van der Waals surface area contributed by atoms with Crippen LogP contribution in [0.15, 0.2) is 66.2 Å². The smallest absolute Gasteiger partial charge is 0.258 e. The number of nitrogens with one attached hydrogen (secondary N) is 2. The minimum Gasteiger partial charge on any atom is -0.491 e. The maximum atomic E-state index is 14.7. The van der Waals surface area contributed by atoms with E-state index in [4.69, 9.17) is 44.6 Å². The standard InChI is InChI=1S/C66H90FN7O14S/c1-42-59(89-41-71-42)49-15-16-50(38-70-61(78)54-37-51(75)39-73(54)63(80)60(65(3,4)5)72-64(81)66(67)21-22-66)56(36-49)87-33-32-86-31-30-85-29-28-84-27-26-83-25-24-82-23-7-8-44-11-13-45(14-12-44)40-88-43(2)47(18-20-57(69)77)35-55(76)53-34-48-10-6-9-46-17-19-52(68)62(79)74(53)58(46)48/h6,9-16,36,41,43,47,51-54,60,75H,7-8,17-35,37-40,68H2,1-5H3,(H2,69,77)(H,70,78)(H,72,81)/t43-,47-,51-,52+,53+,54+,60-/m1/s1. The van der Waals surface area contributed by atoms with Crippen LogP contribution in [0.1, 0.15) is 113 Å². The van der Waals surface area contributed by atoms with Crippen molar-refractivity contribution in [3.63, 3.8) is 0 Å². The number of aliphatic hydroxyl groups is 1. The van der Waals surface area contributed by atoms with E-state index in [1.807, 2.05) is 62.4 Å². The van der Waals surface area contributed by atoms with E-state index in [-0.39, 0.29) is 82.1 Å². The summed E-state index contributed by atoms with van der Waals surface area (Å²) in [6.07, 6.45) is 2.91. The molecular formula is C66H90FN7O14S. The monoisotopic (exact) mass is 1260 g/mol. The zero-order valence-electron chi connectivity index (χ0n) is 52.1. The summed E-state index contributed by atoms with van der Waals surface area (Å²) in [5, 5.41) is 16.1. The Morgan fingerprint density at radius 2 is 1.51 bits per heavy atom. The lowest BCUT2D eigenvalue weighted by Crippen LogP contribution is -2.59. The molecule has 21 nitrogen and oxygen atoms in total. The lowest BCUT2D eigenvalue weighted by Gasteiger charge is -2.35. The fourth-order valence-corrected chi connectivity index (χ4v) is 12.2. The van der Waals surface area contributed by atoms with Crippen LogP contribution < -0.4 is 31.7 Å². The van der Waals surface area contributed by atoms with Gasteiger partial charge in [-0.2, -0.15) is 0 Å². The predicted molar refractivity (Wildman–Crippen MR) is 333 cm³/mol. The normalized spacial score (nSPS) is 19.5. The number of hydrogen-bond donors (Lipinski definition) is 5. The molecule has 23 heteroatoms. The quantitative estimate of drug-likeness (QED) is 0.0334. The SMILES string of the molecule is Cc1ncsc1-c1ccc(CNC(=O)[C@@H]2C[C@@H](O)CN2C(=O)[C@@H](NC(=O)C2(F)CC2)C(C)(C)C)c(OCCOCCOCCOCCOCCOCCCc2ccc(CO[C@H](C)[C@H](CCC(N)=O)CC(=O)[C@@H]3Cc4cccc5c4N3C(=O)[C@@H](N)CC5)cc2)c1. The van der Waals surface area contributed by atoms with Crippen LogP contribution in [0.2, 0.25) is 0 Å². The highest BCUT2D eigenvalue weighted by atomic mass is 32.1.